The first-order chi connectivity index (χ1) is 14.9. The van der Waals surface area contributed by atoms with E-state index in [1.54, 1.807) is 25.1 Å². The molecule has 164 valence electrons. The van der Waals surface area contributed by atoms with Crippen LogP contribution in [0.1, 0.15) is 16.2 Å². The first kappa shape index (κ1) is 22.3. The molecular formula is C19H22N6O5S. The lowest BCUT2D eigenvalue weighted by Crippen LogP contribution is -2.27. The van der Waals surface area contributed by atoms with Crippen molar-refractivity contribution in [2.24, 2.45) is 0 Å². The molecule has 0 aliphatic carbocycles. The molecular weight excluding hydrogens is 424 g/mol. The SMILES string of the molecule is COCCNS(=O)(=O)c1ccc(C(=O)Nc2ccc(OC)c(-n3nnnc3C)c2)cc1. The third kappa shape index (κ3) is 5.23. The number of carbonyl (C=O) groups excluding carboxylic acids is 1. The van der Waals surface area contributed by atoms with Crippen molar-refractivity contribution in [3.8, 4) is 11.4 Å². The van der Waals surface area contributed by atoms with Crippen LogP contribution in [0.4, 0.5) is 5.69 Å². The Morgan fingerprint density at radius 3 is 2.48 bits per heavy atom. The number of benzene rings is 2. The zero-order chi connectivity index (χ0) is 22.4. The fraction of sp³-hybridized carbons (Fsp3) is 0.263. The molecule has 0 unspecified atom stereocenters. The Morgan fingerprint density at radius 1 is 1.13 bits per heavy atom. The molecule has 0 radical (unpaired) electrons. The minimum absolute atomic E-state index is 0.0565. The lowest BCUT2D eigenvalue weighted by molar-refractivity contribution is 0.102. The zero-order valence-electron chi connectivity index (χ0n) is 17.2. The maximum Gasteiger partial charge on any atom is 0.255 e. The minimum Gasteiger partial charge on any atom is -0.494 e. The van der Waals surface area contributed by atoms with Crippen LogP contribution in [0.25, 0.3) is 5.69 Å². The first-order valence-corrected chi connectivity index (χ1v) is 10.7. The van der Waals surface area contributed by atoms with Crippen LogP contribution in [0.3, 0.4) is 0 Å². The number of amides is 1. The summed E-state index contributed by atoms with van der Waals surface area (Å²) in [5.74, 6) is 0.683. The van der Waals surface area contributed by atoms with Gasteiger partial charge in [0.1, 0.15) is 11.4 Å². The van der Waals surface area contributed by atoms with Crippen molar-refractivity contribution >= 4 is 21.6 Å². The second kappa shape index (κ2) is 9.64. The number of aryl methyl sites for hydroxylation is 1. The number of anilines is 1. The van der Waals surface area contributed by atoms with E-state index in [9.17, 15) is 13.2 Å². The average Bonchev–Trinajstić information content (AvgIpc) is 3.19. The molecule has 0 aliphatic rings. The average molecular weight is 446 g/mol. The largest absolute Gasteiger partial charge is 0.494 e. The van der Waals surface area contributed by atoms with Gasteiger partial charge in [0.25, 0.3) is 5.91 Å². The number of rotatable bonds is 9. The van der Waals surface area contributed by atoms with Crippen LogP contribution in [0.15, 0.2) is 47.4 Å². The van der Waals surface area contributed by atoms with E-state index in [0.717, 1.165) is 0 Å². The molecule has 12 heteroatoms. The van der Waals surface area contributed by atoms with E-state index in [1.807, 2.05) is 0 Å². The predicted octanol–water partition coefficient (Wildman–Crippen LogP) is 1.16. The third-order valence-electron chi connectivity index (χ3n) is 4.32. The molecule has 0 saturated heterocycles. The van der Waals surface area contributed by atoms with Gasteiger partial charge in [0.2, 0.25) is 10.0 Å². The lowest BCUT2D eigenvalue weighted by atomic mass is 10.2. The Morgan fingerprint density at radius 2 is 1.87 bits per heavy atom. The number of sulfonamides is 1. The van der Waals surface area contributed by atoms with Crippen LogP contribution in [-0.4, -0.2) is 61.9 Å². The molecule has 1 heterocycles. The molecule has 0 aliphatic heterocycles. The van der Waals surface area contributed by atoms with Crippen LogP contribution < -0.4 is 14.8 Å². The molecule has 1 aromatic heterocycles. The summed E-state index contributed by atoms with van der Waals surface area (Å²) >= 11 is 0. The summed E-state index contributed by atoms with van der Waals surface area (Å²) in [5.41, 5.74) is 1.35. The standard InChI is InChI=1S/C19H22N6O5S/c1-13-22-23-24-25(13)17-12-15(6-9-18(17)30-3)21-19(26)14-4-7-16(8-5-14)31(27,28)20-10-11-29-2/h4-9,12,20H,10-11H2,1-3H3,(H,21,26). The fourth-order valence-corrected chi connectivity index (χ4v) is 3.75. The molecule has 0 saturated carbocycles. The van der Waals surface area contributed by atoms with Gasteiger partial charge in [-0.05, 0) is 59.8 Å². The first-order valence-electron chi connectivity index (χ1n) is 9.19. The van der Waals surface area contributed by atoms with E-state index in [-0.39, 0.29) is 18.0 Å². The van der Waals surface area contributed by atoms with Crippen molar-refractivity contribution in [3.63, 3.8) is 0 Å². The summed E-state index contributed by atoms with van der Waals surface area (Å²) in [6.45, 7) is 2.15. The van der Waals surface area contributed by atoms with Crippen LogP contribution in [-0.2, 0) is 14.8 Å². The molecule has 11 nitrogen and oxygen atoms in total. The Hall–Kier alpha value is -3.35. The van der Waals surface area contributed by atoms with E-state index in [4.69, 9.17) is 9.47 Å². The van der Waals surface area contributed by atoms with Gasteiger partial charge >= 0.3 is 0 Å². The lowest BCUT2D eigenvalue weighted by Gasteiger charge is -2.12. The molecule has 2 aromatic carbocycles. The Labute approximate surface area is 179 Å². The number of methoxy groups -OCH3 is 2. The summed E-state index contributed by atoms with van der Waals surface area (Å²) < 4.78 is 38.5. The molecule has 0 fully saturated rings. The van der Waals surface area contributed by atoms with Crippen molar-refractivity contribution in [2.75, 3.05) is 32.7 Å². The maximum atomic E-state index is 12.6. The summed E-state index contributed by atoms with van der Waals surface area (Å²) in [6, 6.07) is 10.7. The zero-order valence-corrected chi connectivity index (χ0v) is 18.0. The van der Waals surface area contributed by atoms with Crippen molar-refractivity contribution in [2.45, 2.75) is 11.8 Å². The summed E-state index contributed by atoms with van der Waals surface area (Å²) in [6.07, 6.45) is 0. The second-order valence-electron chi connectivity index (χ2n) is 6.39. The molecule has 0 atom stereocenters. The van der Waals surface area contributed by atoms with Gasteiger partial charge in [-0.3, -0.25) is 4.79 Å². The van der Waals surface area contributed by atoms with Gasteiger partial charge in [-0.1, -0.05) is 0 Å². The highest BCUT2D eigenvalue weighted by atomic mass is 32.2. The number of nitrogens with one attached hydrogen (secondary N) is 2. The van der Waals surface area contributed by atoms with E-state index in [1.165, 1.54) is 43.2 Å². The van der Waals surface area contributed by atoms with E-state index in [0.29, 0.717) is 28.5 Å². The van der Waals surface area contributed by atoms with E-state index < -0.39 is 15.9 Å². The minimum atomic E-state index is -3.67. The molecule has 0 bridgehead atoms. The van der Waals surface area contributed by atoms with Crippen LogP contribution in [0, 0.1) is 6.92 Å². The van der Waals surface area contributed by atoms with Gasteiger partial charge in [-0.15, -0.1) is 5.10 Å². The molecule has 31 heavy (non-hydrogen) atoms. The molecule has 2 N–H and O–H groups in total. The molecule has 1 amide bonds. The summed E-state index contributed by atoms with van der Waals surface area (Å²) in [7, 11) is -0.666. The second-order valence-corrected chi connectivity index (χ2v) is 8.16. The van der Waals surface area contributed by atoms with E-state index in [2.05, 4.69) is 25.6 Å². The number of aromatic nitrogens is 4. The van der Waals surface area contributed by atoms with Crippen molar-refractivity contribution < 1.29 is 22.7 Å². The van der Waals surface area contributed by atoms with Gasteiger partial charge < -0.3 is 14.8 Å². The Balaban J connectivity index is 1.77. The normalized spacial score (nSPS) is 11.3. The Bertz CT molecular complexity index is 1160. The fourth-order valence-electron chi connectivity index (χ4n) is 2.74. The molecule has 3 aromatic rings. The third-order valence-corrected chi connectivity index (χ3v) is 5.79. The number of carbonyl (C=O) groups is 1. The van der Waals surface area contributed by atoms with Crippen molar-refractivity contribution in [1.29, 1.82) is 0 Å². The smallest absolute Gasteiger partial charge is 0.255 e. The molecule has 0 spiro atoms. The Kier molecular flexibility index (Phi) is 6.95. The number of tetrazole rings is 1. The van der Waals surface area contributed by atoms with E-state index >= 15 is 0 Å². The summed E-state index contributed by atoms with van der Waals surface area (Å²) in [5, 5.41) is 14.2. The monoisotopic (exact) mass is 446 g/mol. The number of hydrogen-bond acceptors (Lipinski definition) is 8. The number of hydrogen-bond donors (Lipinski definition) is 2. The van der Waals surface area contributed by atoms with Crippen molar-refractivity contribution in [3.05, 3.63) is 53.9 Å². The number of nitrogens with zero attached hydrogens (tertiary/aromatic N) is 4. The predicted molar refractivity (Wildman–Crippen MR) is 112 cm³/mol. The highest BCUT2D eigenvalue weighted by Gasteiger charge is 2.16. The van der Waals surface area contributed by atoms with Gasteiger partial charge in [0, 0.05) is 24.9 Å². The van der Waals surface area contributed by atoms with Crippen molar-refractivity contribution in [1.82, 2.24) is 24.9 Å². The van der Waals surface area contributed by atoms with Gasteiger partial charge in [0.05, 0.1) is 18.6 Å². The van der Waals surface area contributed by atoms with Gasteiger partial charge in [-0.2, -0.15) is 4.68 Å². The van der Waals surface area contributed by atoms with Crippen LogP contribution >= 0.6 is 0 Å². The highest BCUT2D eigenvalue weighted by Crippen LogP contribution is 2.26. The quantitative estimate of drug-likeness (QED) is 0.467. The maximum absolute atomic E-state index is 12.6. The topological polar surface area (TPSA) is 137 Å². The summed E-state index contributed by atoms with van der Waals surface area (Å²) in [4.78, 5) is 12.7. The van der Waals surface area contributed by atoms with Gasteiger partial charge in [0.15, 0.2) is 5.82 Å². The van der Waals surface area contributed by atoms with Crippen LogP contribution in [0.2, 0.25) is 0 Å². The molecule has 3 rings (SSSR count). The highest BCUT2D eigenvalue weighted by molar-refractivity contribution is 7.89. The van der Waals surface area contributed by atoms with Crippen LogP contribution in [0.5, 0.6) is 5.75 Å². The van der Waals surface area contributed by atoms with Gasteiger partial charge in [-0.25, -0.2) is 13.1 Å². The number of ether oxygens (including phenoxy) is 2.